The second-order valence-electron chi connectivity index (χ2n) is 5.24. The number of carboxylic acid groups (broad SMARTS) is 2. The Labute approximate surface area is 208 Å². The van der Waals surface area contributed by atoms with E-state index in [4.69, 9.17) is 10.2 Å². The molecule has 0 aliphatic heterocycles. The molecule has 0 spiro atoms. The van der Waals surface area contributed by atoms with Crippen molar-refractivity contribution in [1.29, 1.82) is 0 Å². The fourth-order valence-electron chi connectivity index (χ4n) is 1.90. The molecule has 26 heavy (non-hydrogen) atoms. The Hall–Kier alpha value is 0.580. The third-order valence-electron chi connectivity index (χ3n) is 3.10. The van der Waals surface area contributed by atoms with E-state index in [0.717, 1.165) is 25.0 Å². The number of rotatable bonds is 13. The first-order chi connectivity index (χ1) is 11.3. The number of hydrogen-bond acceptors (Lipinski definition) is 6. The standard InChI is InChI=1S/C14H24N2O6S2.2Na/c17-11(4-2-1-3-9(24)5-6-23)16-10(7-12(18)19)14(22)15-8-13(20)21;;/h9-10,23-24H,1-8H2,(H,15,22)(H,16,17)(H,18,19)(H,20,21);;/t9?,10-;;/m0../s1. The van der Waals surface area contributed by atoms with Gasteiger partial charge in [-0.05, 0) is 25.0 Å². The first-order valence-corrected chi connectivity index (χ1v) is 8.70. The second-order valence-corrected chi connectivity index (χ2v) is 6.42. The zero-order valence-electron chi connectivity index (χ0n) is 15.2. The number of unbranched alkanes of at least 4 members (excludes halogenated alkanes) is 1. The molecule has 12 heteroatoms. The van der Waals surface area contributed by atoms with Crippen molar-refractivity contribution in [3.8, 4) is 0 Å². The quantitative estimate of drug-likeness (QED) is 0.134. The third kappa shape index (κ3) is 18.0. The van der Waals surface area contributed by atoms with E-state index in [0.29, 0.717) is 6.42 Å². The van der Waals surface area contributed by atoms with Crippen LogP contribution in [0.15, 0.2) is 0 Å². The minimum atomic E-state index is -1.30. The molecule has 1 unspecified atom stereocenters. The predicted molar refractivity (Wildman–Crippen MR) is 106 cm³/mol. The van der Waals surface area contributed by atoms with E-state index in [1.807, 2.05) is 0 Å². The van der Waals surface area contributed by atoms with E-state index < -0.39 is 42.8 Å². The van der Waals surface area contributed by atoms with Gasteiger partial charge < -0.3 is 20.8 Å². The fraction of sp³-hybridized carbons (Fsp3) is 0.714. The predicted octanol–water partition coefficient (Wildman–Crippen LogP) is -0.436. The third-order valence-corrected chi connectivity index (χ3v) is 3.87. The van der Waals surface area contributed by atoms with E-state index in [-0.39, 0.29) is 70.8 Å². The molecule has 0 saturated carbocycles. The number of nitrogens with one attached hydrogen (secondary N) is 2. The van der Waals surface area contributed by atoms with Gasteiger partial charge in [-0.25, -0.2) is 0 Å². The van der Waals surface area contributed by atoms with Gasteiger partial charge in [0.1, 0.15) is 12.6 Å². The van der Waals surface area contributed by atoms with Crippen LogP contribution in [0.5, 0.6) is 0 Å². The van der Waals surface area contributed by atoms with Crippen molar-refractivity contribution in [2.24, 2.45) is 0 Å². The van der Waals surface area contributed by atoms with Crippen molar-refractivity contribution in [3.63, 3.8) is 0 Å². The summed E-state index contributed by atoms with van der Waals surface area (Å²) in [6, 6.07) is -1.30. The summed E-state index contributed by atoms with van der Waals surface area (Å²) in [5, 5.41) is 21.9. The van der Waals surface area contributed by atoms with Crippen LogP contribution in [-0.4, -0.2) is 117 Å². The molecule has 0 rings (SSSR count). The molecule has 0 saturated heterocycles. The van der Waals surface area contributed by atoms with Crippen LogP contribution in [0.1, 0.15) is 38.5 Å². The van der Waals surface area contributed by atoms with Crippen LogP contribution in [-0.2, 0) is 19.2 Å². The second kappa shape index (κ2) is 18.9. The van der Waals surface area contributed by atoms with Crippen molar-refractivity contribution in [2.75, 3.05) is 12.3 Å². The summed E-state index contributed by atoms with van der Waals surface area (Å²) in [6.45, 7) is -0.640. The van der Waals surface area contributed by atoms with E-state index in [1.54, 1.807) is 0 Å². The van der Waals surface area contributed by atoms with Gasteiger partial charge in [0, 0.05) is 70.8 Å². The number of aliphatic carboxylic acids is 2. The Morgan fingerprint density at radius 2 is 1.58 bits per heavy atom. The first-order valence-electron chi connectivity index (χ1n) is 7.55. The number of carboxylic acids is 2. The smallest absolute Gasteiger partial charge is 0.322 e. The molecule has 0 aliphatic rings. The molecule has 0 aliphatic carbocycles. The first kappa shape index (κ1) is 31.3. The molecular formula is C14H24N2Na2O6S2. The molecule has 0 aromatic heterocycles. The van der Waals surface area contributed by atoms with Crippen LogP contribution in [0.2, 0.25) is 0 Å². The average Bonchev–Trinajstić information content (AvgIpc) is 2.48. The maximum Gasteiger partial charge on any atom is 0.322 e. The van der Waals surface area contributed by atoms with Gasteiger partial charge >= 0.3 is 11.9 Å². The number of carbonyl (C=O) groups excluding carboxylic acids is 2. The number of carbonyl (C=O) groups is 4. The van der Waals surface area contributed by atoms with E-state index >= 15 is 0 Å². The summed E-state index contributed by atoms with van der Waals surface area (Å²) in [7, 11) is 0. The van der Waals surface area contributed by atoms with Crippen molar-refractivity contribution in [3.05, 3.63) is 0 Å². The number of thiol groups is 2. The van der Waals surface area contributed by atoms with Crippen LogP contribution in [0.3, 0.4) is 0 Å². The Morgan fingerprint density at radius 1 is 0.962 bits per heavy atom. The molecule has 0 heterocycles. The summed E-state index contributed by atoms with van der Waals surface area (Å²) in [5.74, 6) is -3.06. The topological polar surface area (TPSA) is 133 Å². The maximum atomic E-state index is 11.8. The molecule has 2 atom stereocenters. The molecule has 0 bridgehead atoms. The van der Waals surface area contributed by atoms with E-state index in [2.05, 4.69) is 35.9 Å². The molecule has 4 N–H and O–H groups in total. The largest absolute Gasteiger partial charge is 0.481 e. The fourth-order valence-corrected chi connectivity index (χ4v) is 2.72. The van der Waals surface area contributed by atoms with Gasteiger partial charge in [-0.2, -0.15) is 25.3 Å². The summed E-state index contributed by atoms with van der Waals surface area (Å²) < 4.78 is 0. The Kier molecular flexibility index (Phi) is 22.8. The summed E-state index contributed by atoms with van der Waals surface area (Å²) in [6.07, 6.45) is 2.63. The number of hydrogen-bond donors (Lipinski definition) is 6. The Morgan fingerprint density at radius 3 is 2.08 bits per heavy atom. The zero-order chi connectivity index (χ0) is 18.5. The average molecular weight is 426 g/mol. The summed E-state index contributed by atoms with van der Waals surface area (Å²) in [4.78, 5) is 44.7. The molecule has 0 aromatic carbocycles. The van der Waals surface area contributed by atoms with Gasteiger partial charge in [0.15, 0.2) is 0 Å². The van der Waals surface area contributed by atoms with Gasteiger partial charge in [0.25, 0.3) is 0 Å². The Balaban J connectivity index is -0.00000264. The van der Waals surface area contributed by atoms with E-state index in [1.165, 1.54) is 0 Å². The molecule has 2 amide bonds. The normalized spacial score (nSPS) is 11.9. The molecular weight excluding hydrogens is 402 g/mol. The van der Waals surface area contributed by atoms with Crippen LogP contribution in [0, 0.1) is 0 Å². The molecule has 0 aromatic rings. The van der Waals surface area contributed by atoms with Gasteiger partial charge in [-0.15, -0.1) is 0 Å². The SMILES string of the molecule is O=C(O)CNC(=O)[C@H](CC(=O)O)NC(=O)CCCCC(S)CCS.[Na].[Na]. The molecule has 0 fully saturated rings. The summed E-state index contributed by atoms with van der Waals surface area (Å²) in [5.41, 5.74) is 0. The molecule has 8 nitrogen and oxygen atoms in total. The van der Waals surface area contributed by atoms with Gasteiger partial charge in [0.2, 0.25) is 11.8 Å². The molecule has 140 valence electrons. The minimum absolute atomic E-state index is 0. The Bertz CT molecular complexity index is 457. The van der Waals surface area contributed by atoms with Crippen molar-refractivity contribution >= 4 is 108 Å². The van der Waals surface area contributed by atoms with Crippen LogP contribution < -0.4 is 10.6 Å². The van der Waals surface area contributed by atoms with Crippen molar-refractivity contribution in [2.45, 2.75) is 49.8 Å². The van der Waals surface area contributed by atoms with Gasteiger partial charge in [0.05, 0.1) is 6.42 Å². The minimum Gasteiger partial charge on any atom is -0.481 e. The van der Waals surface area contributed by atoms with Crippen LogP contribution in [0.25, 0.3) is 0 Å². The monoisotopic (exact) mass is 426 g/mol. The summed E-state index contributed by atoms with van der Waals surface area (Å²) >= 11 is 8.49. The molecule has 2 radical (unpaired) electrons. The van der Waals surface area contributed by atoms with Crippen molar-refractivity contribution in [1.82, 2.24) is 10.6 Å². The van der Waals surface area contributed by atoms with Crippen LogP contribution in [0.4, 0.5) is 0 Å². The maximum absolute atomic E-state index is 11.8. The van der Waals surface area contributed by atoms with E-state index in [9.17, 15) is 19.2 Å². The van der Waals surface area contributed by atoms with Gasteiger partial charge in [-0.1, -0.05) is 6.42 Å². The van der Waals surface area contributed by atoms with Crippen molar-refractivity contribution < 1.29 is 29.4 Å². The van der Waals surface area contributed by atoms with Gasteiger partial charge in [-0.3, -0.25) is 19.2 Å². The zero-order valence-corrected chi connectivity index (χ0v) is 21.0. The van der Waals surface area contributed by atoms with Crippen LogP contribution >= 0.6 is 25.3 Å². The number of amides is 2.